The first kappa shape index (κ1) is 10.4. The molecular formula is C10H9ClN2OS. The summed E-state index contributed by atoms with van der Waals surface area (Å²) in [4.78, 5) is 18.9. The number of rotatable bonds is 3. The second-order valence-electron chi connectivity index (χ2n) is 3.20. The van der Waals surface area contributed by atoms with Gasteiger partial charge in [0.1, 0.15) is 5.15 Å². The molecule has 2 aromatic heterocycles. The van der Waals surface area contributed by atoms with Gasteiger partial charge in [-0.25, -0.2) is 4.98 Å². The molecule has 0 atom stereocenters. The Kier molecular flexibility index (Phi) is 2.88. The van der Waals surface area contributed by atoms with E-state index in [-0.39, 0.29) is 0 Å². The molecule has 0 aliphatic carbocycles. The van der Waals surface area contributed by atoms with Crippen LogP contribution in [0.5, 0.6) is 0 Å². The van der Waals surface area contributed by atoms with Crippen LogP contribution < -0.4 is 0 Å². The van der Waals surface area contributed by atoms with E-state index >= 15 is 0 Å². The lowest BCUT2D eigenvalue weighted by molar-refractivity contribution is 0.112. The molecule has 0 bridgehead atoms. The van der Waals surface area contributed by atoms with Gasteiger partial charge in [-0.1, -0.05) is 11.6 Å². The molecule has 0 saturated carbocycles. The lowest BCUT2D eigenvalue weighted by atomic mass is 10.2. The number of thiazole rings is 1. The third-order valence-corrected chi connectivity index (χ3v) is 3.24. The number of aldehydes is 1. The molecule has 0 amide bonds. The fourth-order valence-electron chi connectivity index (χ4n) is 1.36. The molecule has 0 aliphatic heterocycles. The van der Waals surface area contributed by atoms with Crippen LogP contribution in [-0.2, 0) is 6.42 Å². The maximum atomic E-state index is 10.6. The van der Waals surface area contributed by atoms with Crippen molar-refractivity contribution in [2.45, 2.75) is 13.3 Å². The maximum Gasteiger partial charge on any atom is 0.153 e. The highest BCUT2D eigenvalue weighted by Crippen LogP contribution is 2.20. The Morgan fingerprint density at radius 3 is 3.00 bits per heavy atom. The van der Waals surface area contributed by atoms with Gasteiger partial charge in [-0.2, -0.15) is 0 Å². The molecule has 0 spiro atoms. The van der Waals surface area contributed by atoms with Crippen molar-refractivity contribution in [3.63, 3.8) is 0 Å². The number of hydrogen-bond acceptors (Lipinski definition) is 3. The summed E-state index contributed by atoms with van der Waals surface area (Å²) in [6, 6.07) is 1.77. The number of H-pyrrole nitrogens is 1. The first-order chi connectivity index (χ1) is 7.19. The lowest BCUT2D eigenvalue weighted by Gasteiger charge is -1.91. The van der Waals surface area contributed by atoms with Crippen molar-refractivity contribution in [2.75, 3.05) is 0 Å². The molecular weight excluding hydrogens is 232 g/mol. The second kappa shape index (κ2) is 4.16. The highest BCUT2D eigenvalue weighted by molar-refractivity contribution is 7.11. The van der Waals surface area contributed by atoms with Crippen LogP contribution in [0, 0.1) is 6.92 Å². The van der Waals surface area contributed by atoms with E-state index in [0.717, 1.165) is 28.3 Å². The largest absolute Gasteiger partial charge is 0.349 e. The summed E-state index contributed by atoms with van der Waals surface area (Å²) in [5, 5.41) is 1.44. The van der Waals surface area contributed by atoms with Gasteiger partial charge in [-0.15, -0.1) is 11.3 Å². The first-order valence-electron chi connectivity index (χ1n) is 4.43. The molecule has 0 aromatic carbocycles. The number of aromatic amines is 1. The fourth-order valence-corrected chi connectivity index (χ4v) is 2.39. The molecule has 15 heavy (non-hydrogen) atoms. The quantitative estimate of drug-likeness (QED) is 0.839. The van der Waals surface area contributed by atoms with E-state index in [0.29, 0.717) is 10.7 Å². The minimum atomic E-state index is 0.404. The predicted octanol–water partition coefficient (Wildman–Crippen LogP) is 2.84. The monoisotopic (exact) mass is 240 g/mol. The van der Waals surface area contributed by atoms with Crippen molar-refractivity contribution < 1.29 is 4.79 Å². The zero-order valence-electron chi connectivity index (χ0n) is 8.08. The SMILES string of the molecule is Cc1ncc(Cc2cc(C=O)c(Cl)[nH]2)s1. The Morgan fingerprint density at radius 2 is 2.47 bits per heavy atom. The second-order valence-corrected chi connectivity index (χ2v) is 4.90. The van der Waals surface area contributed by atoms with E-state index < -0.39 is 0 Å². The summed E-state index contributed by atoms with van der Waals surface area (Å²) in [5.41, 5.74) is 1.44. The summed E-state index contributed by atoms with van der Waals surface area (Å²) in [6.45, 7) is 1.96. The third kappa shape index (κ3) is 2.27. The zero-order valence-corrected chi connectivity index (χ0v) is 9.65. The summed E-state index contributed by atoms with van der Waals surface area (Å²) in [5.74, 6) is 0. The van der Waals surface area contributed by atoms with Crippen LogP contribution in [0.1, 0.15) is 25.9 Å². The van der Waals surface area contributed by atoms with Crippen molar-refractivity contribution in [3.05, 3.63) is 38.6 Å². The van der Waals surface area contributed by atoms with Crippen molar-refractivity contribution in [1.29, 1.82) is 0 Å². The molecule has 2 rings (SSSR count). The summed E-state index contributed by atoms with van der Waals surface area (Å²) in [6.07, 6.45) is 3.33. The van der Waals surface area contributed by atoms with Crippen LogP contribution in [0.2, 0.25) is 5.15 Å². The van der Waals surface area contributed by atoms with Crippen molar-refractivity contribution in [3.8, 4) is 0 Å². The molecule has 3 nitrogen and oxygen atoms in total. The summed E-state index contributed by atoms with van der Waals surface area (Å²) < 4.78 is 0. The lowest BCUT2D eigenvalue weighted by Crippen LogP contribution is -1.83. The minimum Gasteiger partial charge on any atom is -0.349 e. The van der Waals surface area contributed by atoms with Crippen LogP contribution >= 0.6 is 22.9 Å². The van der Waals surface area contributed by atoms with Crippen LogP contribution in [0.4, 0.5) is 0 Å². The van der Waals surface area contributed by atoms with E-state index in [1.54, 1.807) is 17.4 Å². The van der Waals surface area contributed by atoms with Gasteiger partial charge >= 0.3 is 0 Å². The van der Waals surface area contributed by atoms with Gasteiger partial charge in [0.15, 0.2) is 6.29 Å². The smallest absolute Gasteiger partial charge is 0.153 e. The molecule has 0 aliphatic rings. The molecule has 0 saturated heterocycles. The minimum absolute atomic E-state index is 0.404. The number of carbonyl (C=O) groups is 1. The highest BCUT2D eigenvalue weighted by Gasteiger charge is 2.07. The number of nitrogens with one attached hydrogen (secondary N) is 1. The zero-order chi connectivity index (χ0) is 10.8. The number of halogens is 1. The molecule has 1 N–H and O–H groups in total. The van der Waals surface area contributed by atoms with Gasteiger partial charge in [-0.05, 0) is 13.0 Å². The number of nitrogens with zero attached hydrogens (tertiary/aromatic N) is 1. The highest BCUT2D eigenvalue weighted by atomic mass is 35.5. The van der Waals surface area contributed by atoms with E-state index in [9.17, 15) is 4.79 Å². The Hall–Kier alpha value is -1.13. The van der Waals surface area contributed by atoms with Crippen molar-refractivity contribution >= 4 is 29.2 Å². The Labute approximate surface area is 96.1 Å². The standard InChI is InChI=1S/C10H9ClN2OS/c1-6-12-4-9(15-6)3-8-2-7(5-14)10(11)13-8/h2,4-5,13H,3H2,1H3. The average Bonchev–Trinajstić information content (AvgIpc) is 2.73. The summed E-state index contributed by atoms with van der Waals surface area (Å²) in [7, 11) is 0. The Balaban J connectivity index is 2.20. The van der Waals surface area contributed by atoms with E-state index in [4.69, 9.17) is 11.6 Å². The predicted molar refractivity (Wildman–Crippen MR) is 60.8 cm³/mol. The molecule has 78 valence electrons. The van der Waals surface area contributed by atoms with Gasteiger partial charge in [-0.3, -0.25) is 4.79 Å². The van der Waals surface area contributed by atoms with Gasteiger partial charge in [0.05, 0.1) is 10.6 Å². The average molecular weight is 241 g/mol. The molecule has 0 fully saturated rings. The number of aromatic nitrogens is 2. The van der Waals surface area contributed by atoms with Crippen LogP contribution in [0.25, 0.3) is 0 Å². The number of hydrogen-bond donors (Lipinski definition) is 1. The molecule has 5 heteroatoms. The van der Waals surface area contributed by atoms with Crippen LogP contribution in [-0.4, -0.2) is 16.3 Å². The molecule has 0 radical (unpaired) electrons. The Morgan fingerprint density at radius 1 is 1.67 bits per heavy atom. The molecule has 0 unspecified atom stereocenters. The van der Waals surface area contributed by atoms with Crippen molar-refractivity contribution in [1.82, 2.24) is 9.97 Å². The van der Waals surface area contributed by atoms with Gasteiger partial charge in [0.25, 0.3) is 0 Å². The normalized spacial score (nSPS) is 10.5. The maximum absolute atomic E-state index is 10.6. The van der Waals surface area contributed by atoms with Crippen LogP contribution in [0.15, 0.2) is 12.3 Å². The number of aryl methyl sites for hydroxylation is 1. The van der Waals surface area contributed by atoms with E-state index in [1.807, 2.05) is 13.1 Å². The number of carbonyl (C=O) groups excluding carboxylic acids is 1. The van der Waals surface area contributed by atoms with Gasteiger partial charge < -0.3 is 4.98 Å². The van der Waals surface area contributed by atoms with E-state index in [1.165, 1.54) is 0 Å². The molecule has 2 heterocycles. The fraction of sp³-hybridized carbons (Fsp3) is 0.200. The van der Waals surface area contributed by atoms with Gasteiger partial charge in [0.2, 0.25) is 0 Å². The first-order valence-corrected chi connectivity index (χ1v) is 5.62. The van der Waals surface area contributed by atoms with Gasteiger partial charge in [0, 0.05) is 23.2 Å². The third-order valence-electron chi connectivity index (χ3n) is 2.01. The Bertz CT molecular complexity index is 489. The molecule has 2 aromatic rings. The van der Waals surface area contributed by atoms with Crippen LogP contribution in [0.3, 0.4) is 0 Å². The van der Waals surface area contributed by atoms with E-state index in [2.05, 4.69) is 9.97 Å². The topological polar surface area (TPSA) is 45.8 Å². The van der Waals surface area contributed by atoms with Crippen molar-refractivity contribution in [2.24, 2.45) is 0 Å². The summed E-state index contributed by atoms with van der Waals surface area (Å²) >= 11 is 7.46.